The van der Waals surface area contributed by atoms with Crippen molar-refractivity contribution in [3.05, 3.63) is 52.4 Å². The van der Waals surface area contributed by atoms with E-state index < -0.39 is 6.04 Å². The third-order valence-electron chi connectivity index (χ3n) is 4.42. The highest BCUT2D eigenvalue weighted by molar-refractivity contribution is 7.71. The van der Waals surface area contributed by atoms with Crippen LogP contribution < -0.4 is 5.73 Å². The fourth-order valence-electron chi connectivity index (χ4n) is 3.00. The average Bonchev–Trinajstić information content (AvgIpc) is 2.68. The van der Waals surface area contributed by atoms with Crippen molar-refractivity contribution in [3.63, 3.8) is 0 Å². The molecule has 1 aromatic carbocycles. The fourth-order valence-corrected chi connectivity index (χ4v) is 3.31. The number of nitrogens with one attached hydrogen (secondary N) is 1. The predicted molar refractivity (Wildman–Crippen MR) is 112 cm³/mol. The summed E-state index contributed by atoms with van der Waals surface area (Å²) >= 11 is 5.53. The number of nitrogens with zero attached hydrogens (tertiary/aromatic N) is 3. The molecule has 6 nitrogen and oxygen atoms in total. The highest BCUT2D eigenvalue weighted by Gasteiger charge is 2.28. The first-order valence-electron chi connectivity index (χ1n) is 9.25. The smallest absolute Gasteiger partial charge is 0.250 e. The molecule has 0 aliphatic rings. The van der Waals surface area contributed by atoms with Crippen molar-refractivity contribution in [2.75, 3.05) is 18.8 Å². The molecular weight excluding hydrogens is 358 g/mol. The van der Waals surface area contributed by atoms with Crippen LogP contribution in [0.2, 0.25) is 0 Å². The van der Waals surface area contributed by atoms with E-state index in [9.17, 15) is 4.79 Å². The maximum absolute atomic E-state index is 13.5. The zero-order valence-corrected chi connectivity index (χ0v) is 16.7. The molecular formula is C20H27N5OS. The number of rotatable bonds is 9. The molecule has 0 radical (unpaired) electrons. The highest BCUT2D eigenvalue weighted by Crippen LogP contribution is 2.24. The van der Waals surface area contributed by atoms with Gasteiger partial charge >= 0.3 is 0 Å². The molecule has 1 atom stereocenters. The van der Waals surface area contributed by atoms with Crippen LogP contribution in [-0.4, -0.2) is 39.7 Å². The first-order valence-corrected chi connectivity index (χ1v) is 9.66. The molecule has 2 rings (SSSR count). The van der Waals surface area contributed by atoms with Gasteiger partial charge in [-0.3, -0.25) is 4.79 Å². The van der Waals surface area contributed by atoms with Crippen LogP contribution >= 0.6 is 12.2 Å². The minimum atomic E-state index is -0.631. The molecule has 1 unspecified atom stereocenters. The second-order valence-electron chi connectivity index (χ2n) is 6.39. The normalized spacial score (nSPS) is 11.8. The summed E-state index contributed by atoms with van der Waals surface area (Å²) in [6.07, 6.45) is 5.45. The Bertz CT molecular complexity index is 834. The number of anilines is 1. The molecule has 1 amide bonds. The number of carbonyl (C=O) groups excluding carboxylic acids is 1. The van der Waals surface area contributed by atoms with E-state index in [1.54, 1.807) is 4.57 Å². The van der Waals surface area contributed by atoms with E-state index in [1.165, 1.54) is 6.33 Å². The van der Waals surface area contributed by atoms with Gasteiger partial charge < -0.3 is 20.6 Å². The van der Waals surface area contributed by atoms with Gasteiger partial charge in [-0.1, -0.05) is 62.8 Å². The lowest BCUT2D eigenvalue weighted by Gasteiger charge is -2.29. The highest BCUT2D eigenvalue weighted by atomic mass is 32.1. The van der Waals surface area contributed by atoms with Gasteiger partial charge in [0.05, 0.1) is 11.9 Å². The second kappa shape index (κ2) is 9.97. The van der Waals surface area contributed by atoms with Crippen molar-refractivity contribution in [2.24, 2.45) is 0 Å². The summed E-state index contributed by atoms with van der Waals surface area (Å²) in [5.41, 5.74) is 7.04. The monoisotopic (exact) mass is 385 g/mol. The number of aromatic nitrogens is 2. The minimum absolute atomic E-state index is 0.0184. The maximum atomic E-state index is 13.5. The number of nitrogens with two attached hydrogens (primary N) is 1. The Balaban J connectivity index is 2.58. The summed E-state index contributed by atoms with van der Waals surface area (Å²) in [5.74, 6) is 0.178. The lowest BCUT2D eigenvalue weighted by molar-refractivity contribution is -0.133. The summed E-state index contributed by atoms with van der Waals surface area (Å²) in [6.45, 7) is 5.57. The van der Waals surface area contributed by atoms with Crippen LogP contribution in [0, 0.1) is 10.0 Å². The van der Waals surface area contributed by atoms with E-state index in [0.29, 0.717) is 23.3 Å². The molecule has 1 aromatic heterocycles. The SMILES string of the molecule is CCCCN(CCC)C(=O)C(c1ccccc1)n1cnc(N)c(C=N)c1=S. The van der Waals surface area contributed by atoms with E-state index in [4.69, 9.17) is 23.4 Å². The second-order valence-corrected chi connectivity index (χ2v) is 6.78. The van der Waals surface area contributed by atoms with Crippen LogP contribution in [-0.2, 0) is 4.79 Å². The van der Waals surface area contributed by atoms with E-state index in [-0.39, 0.29) is 11.7 Å². The maximum Gasteiger partial charge on any atom is 0.250 e. The van der Waals surface area contributed by atoms with E-state index in [0.717, 1.165) is 31.0 Å². The average molecular weight is 386 g/mol. The molecule has 3 N–H and O–H groups in total. The van der Waals surface area contributed by atoms with Crippen LogP contribution in [0.3, 0.4) is 0 Å². The Morgan fingerprint density at radius 1 is 1.30 bits per heavy atom. The zero-order valence-electron chi connectivity index (χ0n) is 15.9. The molecule has 27 heavy (non-hydrogen) atoms. The molecule has 0 bridgehead atoms. The molecule has 0 saturated carbocycles. The van der Waals surface area contributed by atoms with Crippen LogP contribution in [0.1, 0.15) is 50.3 Å². The lowest BCUT2D eigenvalue weighted by Crippen LogP contribution is -2.39. The molecule has 0 fully saturated rings. The van der Waals surface area contributed by atoms with Gasteiger partial charge in [0, 0.05) is 19.3 Å². The van der Waals surface area contributed by atoms with Gasteiger partial charge in [0.1, 0.15) is 16.5 Å². The number of amides is 1. The Kier molecular flexibility index (Phi) is 7.67. The molecule has 0 aliphatic carbocycles. The van der Waals surface area contributed by atoms with E-state index in [2.05, 4.69) is 18.8 Å². The van der Waals surface area contributed by atoms with Crippen molar-refractivity contribution in [1.82, 2.24) is 14.5 Å². The Hall–Kier alpha value is -2.54. The van der Waals surface area contributed by atoms with Gasteiger partial charge in [0.2, 0.25) is 5.91 Å². The van der Waals surface area contributed by atoms with E-state index >= 15 is 0 Å². The van der Waals surface area contributed by atoms with Crippen LogP contribution in [0.15, 0.2) is 36.7 Å². The molecule has 7 heteroatoms. The molecule has 0 spiro atoms. The van der Waals surface area contributed by atoms with Gasteiger partial charge in [-0.05, 0) is 18.4 Å². The van der Waals surface area contributed by atoms with Crippen molar-refractivity contribution in [2.45, 2.75) is 39.2 Å². The minimum Gasteiger partial charge on any atom is -0.383 e. The summed E-state index contributed by atoms with van der Waals surface area (Å²) in [7, 11) is 0. The van der Waals surface area contributed by atoms with Crippen LogP contribution in [0.25, 0.3) is 0 Å². The summed E-state index contributed by atoms with van der Waals surface area (Å²) in [6, 6.07) is 8.91. The number of benzene rings is 1. The summed E-state index contributed by atoms with van der Waals surface area (Å²) in [4.78, 5) is 19.6. The third kappa shape index (κ3) is 4.80. The first-order chi connectivity index (χ1) is 13.0. The molecule has 0 aliphatic heterocycles. The zero-order chi connectivity index (χ0) is 19.8. The van der Waals surface area contributed by atoms with Gasteiger partial charge in [-0.15, -0.1) is 0 Å². The fraction of sp³-hybridized carbons (Fsp3) is 0.400. The predicted octanol–water partition coefficient (Wildman–Crippen LogP) is 3.82. The summed E-state index contributed by atoms with van der Waals surface area (Å²) < 4.78 is 1.99. The third-order valence-corrected chi connectivity index (χ3v) is 4.85. The number of carbonyl (C=O) groups is 1. The first kappa shape index (κ1) is 20.8. The summed E-state index contributed by atoms with van der Waals surface area (Å²) in [5, 5.41) is 7.60. The number of hydrogen-bond donors (Lipinski definition) is 2. The van der Waals surface area contributed by atoms with Crippen molar-refractivity contribution in [1.29, 1.82) is 5.41 Å². The lowest BCUT2D eigenvalue weighted by atomic mass is 10.0. The Morgan fingerprint density at radius 2 is 2.00 bits per heavy atom. The number of hydrogen-bond acceptors (Lipinski definition) is 5. The quantitative estimate of drug-likeness (QED) is 0.507. The Morgan fingerprint density at radius 3 is 2.59 bits per heavy atom. The van der Waals surface area contributed by atoms with E-state index in [1.807, 2.05) is 35.2 Å². The van der Waals surface area contributed by atoms with Crippen molar-refractivity contribution >= 4 is 30.2 Å². The standard InChI is InChI=1S/C20H27N5OS/c1-3-5-12-24(11-4-2)19(26)17(15-9-7-6-8-10-15)25-14-23-18(22)16(13-21)20(25)27/h6-10,13-14,17,21H,3-5,11-12,22H2,1-2H3. The Labute approximate surface area is 165 Å². The van der Waals surface area contributed by atoms with Crippen LogP contribution in [0.4, 0.5) is 5.82 Å². The number of nitrogen functional groups attached to an aromatic ring is 1. The van der Waals surface area contributed by atoms with Crippen LogP contribution in [0.5, 0.6) is 0 Å². The van der Waals surface area contributed by atoms with Crippen molar-refractivity contribution < 1.29 is 4.79 Å². The van der Waals surface area contributed by atoms with Gasteiger partial charge in [0.25, 0.3) is 0 Å². The van der Waals surface area contributed by atoms with Gasteiger partial charge in [-0.25, -0.2) is 4.98 Å². The largest absolute Gasteiger partial charge is 0.383 e. The topological polar surface area (TPSA) is 88.0 Å². The number of unbranched alkanes of at least 4 members (excludes halogenated alkanes) is 1. The van der Waals surface area contributed by atoms with Gasteiger partial charge in [0.15, 0.2) is 0 Å². The van der Waals surface area contributed by atoms with Gasteiger partial charge in [-0.2, -0.15) is 0 Å². The molecule has 144 valence electrons. The molecule has 2 aromatic rings. The molecule has 0 saturated heterocycles. The van der Waals surface area contributed by atoms with Crippen molar-refractivity contribution in [3.8, 4) is 0 Å². The molecule has 1 heterocycles.